The van der Waals surface area contributed by atoms with Gasteiger partial charge in [0.2, 0.25) is 0 Å². The van der Waals surface area contributed by atoms with E-state index < -0.39 is 5.60 Å². The minimum absolute atomic E-state index is 0.351. The fourth-order valence-corrected chi connectivity index (χ4v) is 2.89. The number of benzene rings is 1. The molecule has 0 spiro atoms. The van der Waals surface area contributed by atoms with E-state index in [1.54, 1.807) is 0 Å². The molecule has 1 nitrogen and oxygen atoms in total. The third kappa shape index (κ3) is 1.89. The van der Waals surface area contributed by atoms with Crippen LogP contribution in [0.4, 0.5) is 0 Å². The summed E-state index contributed by atoms with van der Waals surface area (Å²) in [4.78, 5) is 0. The van der Waals surface area contributed by atoms with Crippen LogP contribution in [0, 0.1) is 18.8 Å². The molecule has 1 heteroatoms. The molecule has 0 heterocycles. The highest BCUT2D eigenvalue weighted by atomic mass is 16.3. The van der Waals surface area contributed by atoms with Gasteiger partial charge in [0, 0.05) is 0 Å². The highest BCUT2D eigenvalue weighted by molar-refractivity contribution is 5.27. The first-order valence-corrected chi connectivity index (χ1v) is 6.33. The predicted molar refractivity (Wildman–Crippen MR) is 67.3 cm³/mol. The zero-order valence-corrected chi connectivity index (χ0v) is 10.5. The molecule has 3 atom stereocenters. The van der Waals surface area contributed by atoms with Crippen LogP contribution in [0.25, 0.3) is 0 Å². The molecular weight excluding hydrogens is 196 g/mol. The molecule has 1 aliphatic carbocycles. The van der Waals surface area contributed by atoms with Crippen molar-refractivity contribution in [2.24, 2.45) is 11.8 Å². The zero-order valence-electron chi connectivity index (χ0n) is 10.5. The van der Waals surface area contributed by atoms with Crippen molar-refractivity contribution in [3.63, 3.8) is 0 Å². The van der Waals surface area contributed by atoms with Crippen LogP contribution in [0.5, 0.6) is 0 Å². The van der Waals surface area contributed by atoms with Crippen LogP contribution in [0.15, 0.2) is 24.3 Å². The van der Waals surface area contributed by atoms with Crippen molar-refractivity contribution < 1.29 is 5.11 Å². The van der Waals surface area contributed by atoms with Gasteiger partial charge in [-0.1, -0.05) is 50.1 Å². The third-order valence-corrected chi connectivity index (χ3v) is 4.38. The van der Waals surface area contributed by atoms with Gasteiger partial charge < -0.3 is 5.11 Å². The second-order valence-corrected chi connectivity index (χ2v) is 5.45. The molecule has 1 aromatic carbocycles. The number of rotatable bonds is 1. The zero-order chi connectivity index (χ0) is 11.8. The van der Waals surface area contributed by atoms with Gasteiger partial charge in [-0.25, -0.2) is 0 Å². The molecule has 1 fully saturated rings. The molecule has 1 saturated carbocycles. The first-order chi connectivity index (χ1) is 7.54. The lowest BCUT2D eigenvalue weighted by Gasteiger charge is -2.42. The summed E-state index contributed by atoms with van der Waals surface area (Å²) in [7, 11) is 0. The van der Waals surface area contributed by atoms with Crippen molar-refractivity contribution in [1.29, 1.82) is 0 Å². The van der Waals surface area contributed by atoms with Gasteiger partial charge in [-0.3, -0.25) is 0 Å². The molecule has 1 aliphatic rings. The summed E-state index contributed by atoms with van der Waals surface area (Å²) in [5.41, 5.74) is 1.74. The summed E-state index contributed by atoms with van der Waals surface area (Å²) in [6.45, 7) is 6.52. The summed E-state index contributed by atoms with van der Waals surface area (Å²) in [5, 5.41) is 10.9. The molecule has 0 radical (unpaired) electrons. The Balaban J connectivity index is 2.33. The molecule has 0 amide bonds. The molecule has 1 aromatic rings. The molecular formula is C15H22O. The molecule has 0 bridgehead atoms. The molecule has 0 aliphatic heterocycles. The number of aliphatic hydroxyl groups is 1. The first kappa shape index (κ1) is 11.7. The van der Waals surface area contributed by atoms with E-state index in [1.807, 2.05) is 0 Å². The fraction of sp³-hybridized carbons (Fsp3) is 0.600. The first-order valence-electron chi connectivity index (χ1n) is 6.33. The molecule has 88 valence electrons. The van der Waals surface area contributed by atoms with Crippen LogP contribution >= 0.6 is 0 Å². The van der Waals surface area contributed by atoms with Gasteiger partial charge in [-0.2, -0.15) is 0 Å². The Hall–Kier alpha value is -0.820. The largest absolute Gasteiger partial charge is 0.385 e. The topological polar surface area (TPSA) is 20.2 Å². The Bertz CT molecular complexity index is 354. The second kappa shape index (κ2) is 4.21. The standard InChI is InChI=1S/C15H22O/c1-11-6-8-14(9-7-11)15(16)10-4-5-12(2)13(15)3/h6-9,12-13,16H,4-5,10H2,1-3H3. The Morgan fingerprint density at radius 2 is 1.81 bits per heavy atom. The van der Waals surface area contributed by atoms with E-state index in [4.69, 9.17) is 0 Å². The Labute approximate surface area is 98.5 Å². The summed E-state index contributed by atoms with van der Waals surface area (Å²) < 4.78 is 0. The van der Waals surface area contributed by atoms with Crippen molar-refractivity contribution in [2.75, 3.05) is 0 Å². The lowest BCUT2D eigenvalue weighted by Crippen LogP contribution is -2.40. The van der Waals surface area contributed by atoms with Gasteiger partial charge in [0.15, 0.2) is 0 Å². The van der Waals surface area contributed by atoms with Gasteiger partial charge in [0.1, 0.15) is 0 Å². The van der Waals surface area contributed by atoms with Crippen molar-refractivity contribution in [2.45, 2.75) is 45.6 Å². The number of aryl methyl sites for hydroxylation is 1. The van der Waals surface area contributed by atoms with Crippen molar-refractivity contribution >= 4 is 0 Å². The molecule has 16 heavy (non-hydrogen) atoms. The predicted octanol–water partition coefficient (Wildman–Crippen LogP) is 3.64. The lowest BCUT2D eigenvalue weighted by molar-refractivity contribution is -0.0688. The molecule has 0 aromatic heterocycles. The maximum atomic E-state index is 10.9. The lowest BCUT2D eigenvalue weighted by atomic mass is 9.67. The highest BCUT2D eigenvalue weighted by Gasteiger charge is 2.40. The normalized spacial score (nSPS) is 35.0. The summed E-state index contributed by atoms with van der Waals surface area (Å²) in [6.07, 6.45) is 3.28. The van der Waals surface area contributed by atoms with E-state index in [0.29, 0.717) is 11.8 Å². The quantitative estimate of drug-likeness (QED) is 0.763. The van der Waals surface area contributed by atoms with Crippen LogP contribution in [0.3, 0.4) is 0 Å². The SMILES string of the molecule is Cc1ccc(C2(O)CCCC(C)C2C)cc1. The minimum atomic E-state index is -0.606. The summed E-state index contributed by atoms with van der Waals surface area (Å²) >= 11 is 0. The highest BCUT2D eigenvalue weighted by Crippen LogP contribution is 2.44. The van der Waals surface area contributed by atoms with Crippen LogP contribution < -0.4 is 0 Å². The summed E-state index contributed by atoms with van der Waals surface area (Å²) in [6, 6.07) is 8.37. The number of hydrogen-bond acceptors (Lipinski definition) is 1. The van der Waals surface area contributed by atoms with Crippen LogP contribution in [0.2, 0.25) is 0 Å². The molecule has 1 N–H and O–H groups in total. The third-order valence-electron chi connectivity index (χ3n) is 4.38. The fourth-order valence-electron chi connectivity index (χ4n) is 2.89. The molecule has 0 saturated heterocycles. The minimum Gasteiger partial charge on any atom is -0.385 e. The monoisotopic (exact) mass is 218 g/mol. The van der Waals surface area contributed by atoms with Gasteiger partial charge in [-0.15, -0.1) is 0 Å². The van der Waals surface area contributed by atoms with Gasteiger partial charge in [0.25, 0.3) is 0 Å². The average Bonchev–Trinajstić information content (AvgIpc) is 2.27. The molecule has 3 unspecified atom stereocenters. The maximum absolute atomic E-state index is 10.9. The van der Waals surface area contributed by atoms with E-state index in [9.17, 15) is 5.11 Å². The number of hydrogen-bond donors (Lipinski definition) is 1. The van der Waals surface area contributed by atoms with Crippen LogP contribution in [0.1, 0.15) is 44.2 Å². The van der Waals surface area contributed by atoms with E-state index in [1.165, 1.54) is 12.0 Å². The molecule has 2 rings (SSSR count). The Kier molecular flexibility index (Phi) is 3.07. The van der Waals surface area contributed by atoms with Crippen LogP contribution in [-0.4, -0.2) is 5.11 Å². The van der Waals surface area contributed by atoms with Crippen molar-refractivity contribution in [3.8, 4) is 0 Å². The van der Waals surface area contributed by atoms with Gasteiger partial charge in [-0.05, 0) is 37.2 Å². The average molecular weight is 218 g/mol. The second-order valence-electron chi connectivity index (χ2n) is 5.45. The summed E-state index contributed by atoms with van der Waals surface area (Å²) in [5.74, 6) is 0.962. The van der Waals surface area contributed by atoms with E-state index >= 15 is 0 Å². The van der Waals surface area contributed by atoms with Crippen molar-refractivity contribution in [3.05, 3.63) is 35.4 Å². The van der Waals surface area contributed by atoms with E-state index in [-0.39, 0.29) is 0 Å². The van der Waals surface area contributed by atoms with E-state index in [0.717, 1.165) is 18.4 Å². The maximum Gasteiger partial charge on any atom is 0.0924 e. The van der Waals surface area contributed by atoms with Gasteiger partial charge >= 0.3 is 0 Å². The van der Waals surface area contributed by atoms with Crippen molar-refractivity contribution in [1.82, 2.24) is 0 Å². The van der Waals surface area contributed by atoms with E-state index in [2.05, 4.69) is 45.0 Å². The van der Waals surface area contributed by atoms with Crippen LogP contribution in [-0.2, 0) is 5.60 Å². The smallest absolute Gasteiger partial charge is 0.0924 e. The Morgan fingerprint density at radius 3 is 2.44 bits per heavy atom. The Morgan fingerprint density at radius 1 is 1.19 bits per heavy atom. The van der Waals surface area contributed by atoms with Gasteiger partial charge in [0.05, 0.1) is 5.60 Å².